The van der Waals surface area contributed by atoms with E-state index in [1.807, 2.05) is 11.6 Å². The number of rotatable bonds is 3. The molecule has 6 heteroatoms. The van der Waals surface area contributed by atoms with Gasteiger partial charge in [0.15, 0.2) is 0 Å². The van der Waals surface area contributed by atoms with Crippen LogP contribution < -0.4 is 5.32 Å². The molecule has 0 aliphatic rings. The van der Waals surface area contributed by atoms with Gasteiger partial charge in [-0.2, -0.15) is 0 Å². The minimum atomic E-state index is -0.445. The number of imidazole rings is 1. The summed E-state index contributed by atoms with van der Waals surface area (Å²) in [4.78, 5) is 16.0. The Bertz CT molecular complexity index is 582. The van der Waals surface area contributed by atoms with Gasteiger partial charge in [0.2, 0.25) is 0 Å². The highest BCUT2D eigenvalue weighted by atomic mass is 32.1. The minimum absolute atomic E-state index is 0.152. The smallest absolute Gasteiger partial charge is 0.251 e. The SMILES string of the molecule is Cn1ccnc1CNC(=O)c1ccc(F)c(S)c1. The first-order valence-corrected chi connectivity index (χ1v) is 5.75. The van der Waals surface area contributed by atoms with E-state index in [-0.39, 0.29) is 10.8 Å². The lowest BCUT2D eigenvalue weighted by atomic mass is 10.2. The van der Waals surface area contributed by atoms with E-state index < -0.39 is 5.82 Å². The van der Waals surface area contributed by atoms with Crippen molar-refractivity contribution in [2.24, 2.45) is 7.05 Å². The molecular weight excluding hydrogens is 253 g/mol. The molecule has 0 unspecified atom stereocenters. The molecule has 2 aromatic rings. The van der Waals surface area contributed by atoms with Crippen LogP contribution in [-0.2, 0) is 13.6 Å². The van der Waals surface area contributed by atoms with Crippen LogP contribution >= 0.6 is 12.6 Å². The molecule has 0 aliphatic heterocycles. The van der Waals surface area contributed by atoms with Crippen LogP contribution in [0.2, 0.25) is 0 Å². The number of benzene rings is 1. The van der Waals surface area contributed by atoms with Crippen LogP contribution in [0.1, 0.15) is 16.2 Å². The molecule has 4 nitrogen and oxygen atoms in total. The molecule has 0 bridgehead atoms. The molecule has 1 N–H and O–H groups in total. The lowest BCUT2D eigenvalue weighted by Crippen LogP contribution is -2.24. The third kappa shape index (κ3) is 2.70. The van der Waals surface area contributed by atoms with Crippen molar-refractivity contribution in [2.45, 2.75) is 11.4 Å². The average Bonchev–Trinajstić information content (AvgIpc) is 2.75. The summed E-state index contributed by atoms with van der Waals surface area (Å²) < 4.78 is 14.8. The summed E-state index contributed by atoms with van der Waals surface area (Å²) in [6.45, 7) is 0.321. The molecule has 0 saturated heterocycles. The minimum Gasteiger partial charge on any atom is -0.345 e. The fourth-order valence-electron chi connectivity index (χ4n) is 1.48. The van der Waals surface area contributed by atoms with E-state index in [4.69, 9.17) is 0 Å². The van der Waals surface area contributed by atoms with Gasteiger partial charge in [0.05, 0.1) is 6.54 Å². The van der Waals surface area contributed by atoms with Gasteiger partial charge in [-0.15, -0.1) is 12.6 Å². The van der Waals surface area contributed by atoms with E-state index >= 15 is 0 Å². The molecule has 1 aromatic carbocycles. The molecule has 94 valence electrons. The number of aryl methyl sites for hydroxylation is 1. The van der Waals surface area contributed by atoms with Gasteiger partial charge in [-0.25, -0.2) is 9.37 Å². The predicted molar refractivity (Wildman–Crippen MR) is 68.0 cm³/mol. The molecule has 1 aromatic heterocycles. The zero-order valence-corrected chi connectivity index (χ0v) is 10.6. The van der Waals surface area contributed by atoms with Gasteiger partial charge in [-0.1, -0.05) is 0 Å². The number of carbonyl (C=O) groups is 1. The second-order valence-corrected chi connectivity index (χ2v) is 4.29. The summed E-state index contributed by atoms with van der Waals surface area (Å²) in [5.74, 6) is 0.0174. The first-order valence-electron chi connectivity index (χ1n) is 5.31. The zero-order chi connectivity index (χ0) is 13.1. The van der Waals surface area contributed by atoms with Crippen molar-refractivity contribution >= 4 is 18.5 Å². The second kappa shape index (κ2) is 5.22. The first-order chi connectivity index (χ1) is 8.58. The van der Waals surface area contributed by atoms with E-state index in [0.717, 1.165) is 5.82 Å². The highest BCUT2D eigenvalue weighted by Crippen LogP contribution is 2.14. The van der Waals surface area contributed by atoms with Gasteiger partial charge >= 0.3 is 0 Å². The monoisotopic (exact) mass is 265 g/mol. The van der Waals surface area contributed by atoms with Gasteiger partial charge in [-0.05, 0) is 18.2 Å². The largest absolute Gasteiger partial charge is 0.345 e. The topological polar surface area (TPSA) is 46.9 Å². The molecule has 0 spiro atoms. The van der Waals surface area contributed by atoms with E-state index in [1.165, 1.54) is 18.2 Å². The predicted octanol–water partition coefficient (Wildman–Crippen LogP) is 1.78. The average molecular weight is 265 g/mol. The Morgan fingerprint density at radius 1 is 1.56 bits per heavy atom. The van der Waals surface area contributed by atoms with Crippen molar-refractivity contribution in [2.75, 3.05) is 0 Å². The lowest BCUT2D eigenvalue weighted by molar-refractivity contribution is 0.0949. The third-order valence-corrected chi connectivity index (χ3v) is 2.88. The third-order valence-electron chi connectivity index (χ3n) is 2.54. The van der Waals surface area contributed by atoms with Gasteiger partial charge < -0.3 is 9.88 Å². The normalized spacial score (nSPS) is 10.4. The summed E-state index contributed by atoms with van der Waals surface area (Å²) in [5, 5.41) is 2.71. The standard InChI is InChI=1S/C12H12FN3OS/c1-16-5-4-14-11(16)7-15-12(17)8-2-3-9(13)10(18)6-8/h2-6,18H,7H2,1H3,(H,15,17). The molecule has 0 saturated carbocycles. The quantitative estimate of drug-likeness (QED) is 0.831. The van der Waals surface area contributed by atoms with Gasteiger partial charge in [-0.3, -0.25) is 4.79 Å². The van der Waals surface area contributed by atoms with Crippen molar-refractivity contribution < 1.29 is 9.18 Å². The van der Waals surface area contributed by atoms with Crippen molar-refractivity contribution in [1.82, 2.24) is 14.9 Å². The van der Waals surface area contributed by atoms with Crippen LogP contribution in [-0.4, -0.2) is 15.5 Å². The van der Waals surface area contributed by atoms with Crippen LogP contribution in [0.15, 0.2) is 35.5 Å². The Kier molecular flexibility index (Phi) is 3.66. The summed E-state index contributed by atoms with van der Waals surface area (Å²) in [6, 6.07) is 4.03. The van der Waals surface area contributed by atoms with Crippen molar-refractivity contribution in [3.8, 4) is 0 Å². The van der Waals surface area contributed by atoms with Gasteiger partial charge in [0.25, 0.3) is 5.91 Å². The fraction of sp³-hybridized carbons (Fsp3) is 0.167. The molecule has 2 rings (SSSR count). The molecule has 0 radical (unpaired) electrons. The number of hydrogen-bond donors (Lipinski definition) is 2. The Hall–Kier alpha value is -1.82. The Morgan fingerprint density at radius 3 is 2.94 bits per heavy atom. The van der Waals surface area contributed by atoms with Crippen molar-refractivity contribution in [3.63, 3.8) is 0 Å². The van der Waals surface area contributed by atoms with E-state index in [9.17, 15) is 9.18 Å². The molecular formula is C12H12FN3OS. The summed E-state index contributed by atoms with van der Waals surface area (Å²) in [7, 11) is 1.85. The van der Waals surface area contributed by atoms with Crippen LogP contribution in [0.5, 0.6) is 0 Å². The van der Waals surface area contributed by atoms with Crippen LogP contribution in [0.25, 0.3) is 0 Å². The van der Waals surface area contributed by atoms with Crippen molar-refractivity contribution in [3.05, 3.63) is 47.8 Å². The second-order valence-electron chi connectivity index (χ2n) is 3.80. The number of aromatic nitrogens is 2. The lowest BCUT2D eigenvalue weighted by Gasteiger charge is -2.06. The van der Waals surface area contributed by atoms with Crippen molar-refractivity contribution in [1.29, 1.82) is 0 Å². The van der Waals surface area contributed by atoms with E-state index in [2.05, 4.69) is 22.9 Å². The van der Waals surface area contributed by atoms with E-state index in [0.29, 0.717) is 12.1 Å². The fourth-order valence-corrected chi connectivity index (χ4v) is 1.70. The molecule has 0 aliphatic carbocycles. The maximum absolute atomic E-state index is 13.0. The summed E-state index contributed by atoms with van der Waals surface area (Å²) >= 11 is 3.93. The molecule has 0 fully saturated rings. The Morgan fingerprint density at radius 2 is 2.33 bits per heavy atom. The zero-order valence-electron chi connectivity index (χ0n) is 9.72. The number of hydrogen-bond acceptors (Lipinski definition) is 3. The van der Waals surface area contributed by atoms with E-state index in [1.54, 1.807) is 12.4 Å². The summed E-state index contributed by atoms with van der Waals surface area (Å²) in [6.07, 6.45) is 3.45. The molecule has 18 heavy (non-hydrogen) atoms. The number of nitrogens with one attached hydrogen (secondary N) is 1. The summed E-state index contributed by atoms with van der Waals surface area (Å²) in [5.41, 5.74) is 0.371. The van der Waals surface area contributed by atoms with Crippen LogP contribution in [0.3, 0.4) is 0 Å². The van der Waals surface area contributed by atoms with Crippen LogP contribution in [0.4, 0.5) is 4.39 Å². The maximum atomic E-state index is 13.0. The van der Waals surface area contributed by atoms with Gasteiger partial charge in [0.1, 0.15) is 11.6 Å². The van der Waals surface area contributed by atoms with Gasteiger partial charge in [0, 0.05) is 29.9 Å². The molecule has 1 heterocycles. The number of halogens is 1. The maximum Gasteiger partial charge on any atom is 0.251 e. The highest BCUT2D eigenvalue weighted by Gasteiger charge is 2.08. The number of carbonyl (C=O) groups excluding carboxylic acids is 1. The molecule has 1 amide bonds. The highest BCUT2D eigenvalue weighted by molar-refractivity contribution is 7.80. The Balaban J connectivity index is 2.04. The number of nitrogens with zero attached hydrogens (tertiary/aromatic N) is 2. The number of thiol groups is 1. The van der Waals surface area contributed by atoms with Crippen LogP contribution in [0, 0.1) is 5.82 Å². The molecule has 0 atom stereocenters. The first kappa shape index (κ1) is 12.6. The Labute approximate surface area is 109 Å². The number of amides is 1.